The summed E-state index contributed by atoms with van der Waals surface area (Å²) in [6.45, 7) is 9.45. The third kappa shape index (κ3) is 4.64. The van der Waals surface area contributed by atoms with Crippen LogP contribution in [0.5, 0.6) is 0 Å². The number of piperazine rings is 1. The van der Waals surface area contributed by atoms with Crippen molar-refractivity contribution in [2.24, 2.45) is 0 Å². The van der Waals surface area contributed by atoms with Gasteiger partial charge in [-0.05, 0) is 49.4 Å². The Kier molecular flexibility index (Phi) is 6.09. The highest BCUT2D eigenvalue weighted by Gasteiger charge is 2.23. The van der Waals surface area contributed by atoms with Crippen LogP contribution in [0.3, 0.4) is 0 Å². The highest BCUT2D eigenvalue weighted by atomic mass is 16.2. The predicted molar refractivity (Wildman–Crippen MR) is 124 cm³/mol. The number of carbonyl (C=O) groups is 2. The van der Waals surface area contributed by atoms with E-state index in [0.717, 1.165) is 33.4 Å². The van der Waals surface area contributed by atoms with Gasteiger partial charge in [0.1, 0.15) is 6.54 Å². The second-order valence-electron chi connectivity index (χ2n) is 8.40. The number of aromatic nitrogens is 1. The Balaban J connectivity index is 1.30. The first-order valence-corrected chi connectivity index (χ1v) is 10.8. The molecule has 0 spiro atoms. The number of aryl methyl sites for hydroxylation is 3. The van der Waals surface area contributed by atoms with Crippen LogP contribution in [0.2, 0.25) is 0 Å². The molecular formula is C25H30N4O2. The highest BCUT2D eigenvalue weighted by Crippen LogP contribution is 2.20. The van der Waals surface area contributed by atoms with E-state index < -0.39 is 0 Å². The zero-order chi connectivity index (χ0) is 22.0. The van der Waals surface area contributed by atoms with Crippen molar-refractivity contribution in [2.45, 2.75) is 27.3 Å². The van der Waals surface area contributed by atoms with E-state index in [1.54, 1.807) is 0 Å². The molecule has 0 radical (unpaired) electrons. The van der Waals surface area contributed by atoms with Crippen LogP contribution >= 0.6 is 0 Å². The molecule has 6 heteroatoms. The standard InChI is InChI=1S/C25H30N4O2/c1-18-7-6-8-19(2)25(18)26-23(30)16-27-11-13-28(14-12-27)24(31)17-29-20(3)15-21-9-4-5-10-22(21)29/h4-10,15H,11-14,16-17H2,1-3H3,(H,26,30). The van der Waals surface area contributed by atoms with Crippen LogP contribution in [0, 0.1) is 20.8 Å². The lowest BCUT2D eigenvalue weighted by atomic mass is 10.1. The van der Waals surface area contributed by atoms with E-state index in [9.17, 15) is 9.59 Å². The van der Waals surface area contributed by atoms with E-state index in [0.29, 0.717) is 39.3 Å². The number of para-hydroxylation sites is 2. The summed E-state index contributed by atoms with van der Waals surface area (Å²) in [6.07, 6.45) is 0. The number of carbonyl (C=O) groups excluding carboxylic acids is 2. The summed E-state index contributed by atoms with van der Waals surface area (Å²) >= 11 is 0. The summed E-state index contributed by atoms with van der Waals surface area (Å²) in [5.74, 6) is 0.121. The van der Waals surface area contributed by atoms with Crippen molar-refractivity contribution in [1.82, 2.24) is 14.4 Å². The topological polar surface area (TPSA) is 57.6 Å². The number of benzene rings is 2. The Morgan fingerprint density at radius 1 is 0.871 bits per heavy atom. The summed E-state index contributed by atoms with van der Waals surface area (Å²) in [7, 11) is 0. The maximum atomic E-state index is 12.9. The molecule has 4 rings (SSSR count). The number of amides is 2. The van der Waals surface area contributed by atoms with Gasteiger partial charge in [-0.2, -0.15) is 0 Å². The number of nitrogens with one attached hydrogen (secondary N) is 1. The first-order chi connectivity index (χ1) is 14.9. The second kappa shape index (κ2) is 8.94. The van der Waals surface area contributed by atoms with Gasteiger partial charge in [0.25, 0.3) is 0 Å². The van der Waals surface area contributed by atoms with Gasteiger partial charge in [-0.1, -0.05) is 36.4 Å². The Morgan fingerprint density at radius 2 is 1.55 bits per heavy atom. The summed E-state index contributed by atoms with van der Waals surface area (Å²) in [4.78, 5) is 29.5. The lowest BCUT2D eigenvalue weighted by Crippen LogP contribution is -2.51. The van der Waals surface area contributed by atoms with Gasteiger partial charge in [-0.15, -0.1) is 0 Å². The second-order valence-corrected chi connectivity index (χ2v) is 8.40. The molecule has 6 nitrogen and oxygen atoms in total. The Labute approximate surface area is 183 Å². The number of hydrogen-bond acceptors (Lipinski definition) is 3. The van der Waals surface area contributed by atoms with Crippen LogP contribution in [0.25, 0.3) is 10.9 Å². The molecule has 1 aliphatic rings. The molecule has 2 aromatic carbocycles. The molecule has 1 N–H and O–H groups in total. The Hall–Kier alpha value is -3.12. The SMILES string of the molecule is Cc1cccc(C)c1NC(=O)CN1CCN(C(=O)Cn2c(C)cc3ccccc32)CC1. The van der Waals surface area contributed by atoms with E-state index in [-0.39, 0.29) is 11.8 Å². The molecule has 0 saturated carbocycles. The molecule has 0 unspecified atom stereocenters. The van der Waals surface area contributed by atoms with Gasteiger partial charge in [0.05, 0.1) is 6.54 Å². The number of rotatable bonds is 5. The maximum absolute atomic E-state index is 12.9. The number of hydrogen-bond donors (Lipinski definition) is 1. The van der Waals surface area contributed by atoms with Crippen molar-refractivity contribution in [2.75, 3.05) is 38.0 Å². The minimum atomic E-state index is -0.00777. The number of anilines is 1. The van der Waals surface area contributed by atoms with Gasteiger partial charge in [0.15, 0.2) is 0 Å². The molecule has 0 atom stereocenters. The fourth-order valence-electron chi connectivity index (χ4n) is 4.34. The summed E-state index contributed by atoms with van der Waals surface area (Å²) < 4.78 is 2.09. The van der Waals surface area contributed by atoms with E-state index in [1.165, 1.54) is 0 Å². The molecule has 162 valence electrons. The van der Waals surface area contributed by atoms with E-state index in [4.69, 9.17) is 0 Å². The van der Waals surface area contributed by atoms with E-state index >= 15 is 0 Å². The average Bonchev–Trinajstić information content (AvgIpc) is 3.06. The molecule has 1 aromatic heterocycles. The number of fused-ring (bicyclic) bond motifs is 1. The molecule has 1 saturated heterocycles. The van der Waals surface area contributed by atoms with Crippen LogP contribution < -0.4 is 5.32 Å². The van der Waals surface area contributed by atoms with Gasteiger partial charge in [-0.25, -0.2) is 0 Å². The lowest BCUT2D eigenvalue weighted by molar-refractivity contribution is -0.133. The van der Waals surface area contributed by atoms with E-state index in [2.05, 4.69) is 33.0 Å². The quantitative estimate of drug-likeness (QED) is 0.691. The van der Waals surface area contributed by atoms with Crippen LogP contribution in [-0.2, 0) is 16.1 Å². The third-order valence-corrected chi connectivity index (χ3v) is 6.15. The first kappa shape index (κ1) is 21.1. The zero-order valence-corrected chi connectivity index (χ0v) is 18.5. The van der Waals surface area contributed by atoms with Crippen molar-refractivity contribution < 1.29 is 9.59 Å². The van der Waals surface area contributed by atoms with Crippen molar-refractivity contribution in [3.63, 3.8) is 0 Å². The summed E-state index contributed by atoms with van der Waals surface area (Å²) in [5, 5.41) is 4.21. The number of nitrogens with zero attached hydrogens (tertiary/aromatic N) is 3. The van der Waals surface area contributed by atoms with Gasteiger partial charge < -0.3 is 14.8 Å². The Bertz CT molecular complexity index is 1090. The zero-order valence-electron chi connectivity index (χ0n) is 18.5. The molecule has 1 fully saturated rings. The van der Waals surface area contributed by atoms with Gasteiger partial charge in [0.2, 0.25) is 11.8 Å². The molecule has 3 aromatic rings. The van der Waals surface area contributed by atoms with Crippen molar-refractivity contribution in [1.29, 1.82) is 0 Å². The molecular weight excluding hydrogens is 388 g/mol. The minimum absolute atomic E-state index is 0.00777. The minimum Gasteiger partial charge on any atom is -0.339 e. The summed E-state index contributed by atoms with van der Waals surface area (Å²) in [5.41, 5.74) is 5.22. The third-order valence-electron chi connectivity index (χ3n) is 6.15. The van der Waals surface area contributed by atoms with Gasteiger partial charge in [0, 0.05) is 43.1 Å². The summed E-state index contributed by atoms with van der Waals surface area (Å²) in [6, 6.07) is 16.3. The van der Waals surface area contributed by atoms with Crippen molar-refractivity contribution in [3.05, 3.63) is 65.4 Å². The maximum Gasteiger partial charge on any atom is 0.242 e. The fourth-order valence-corrected chi connectivity index (χ4v) is 4.34. The molecule has 1 aliphatic heterocycles. The predicted octanol–water partition coefficient (Wildman–Crippen LogP) is 3.35. The van der Waals surface area contributed by atoms with Crippen molar-refractivity contribution in [3.8, 4) is 0 Å². The molecule has 2 amide bonds. The largest absolute Gasteiger partial charge is 0.339 e. The smallest absolute Gasteiger partial charge is 0.242 e. The van der Waals surface area contributed by atoms with Crippen LogP contribution in [0.1, 0.15) is 16.8 Å². The van der Waals surface area contributed by atoms with Crippen LogP contribution in [0.15, 0.2) is 48.5 Å². The van der Waals surface area contributed by atoms with Gasteiger partial charge >= 0.3 is 0 Å². The Morgan fingerprint density at radius 3 is 2.26 bits per heavy atom. The normalized spacial score (nSPS) is 14.7. The molecule has 31 heavy (non-hydrogen) atoms. The van der Waals surface area contributed by atoms with Crippen LogP contribution in [0.4, 0.5) is 5.69 Å². The molecule has 0 bridgehead atoms. The molecule has 2 heterocycles. The monoisotopic (exact) mass is 418 g/mol. The van der Waals surface area contributed by atoms with Crippen molar-refractivity contribution >= 4 is 28.4 Å². The molecule has 0 aliphatic carbocycles. The van der Waals surface area contributed by atoms with Gasteiger partial charge in [-0.3, -0.25) is 14.5 Å². The highest BCUT2D eigenvalue weighted by molar-refractivity contribution is 5.93. The fraction of sp³-hybridized carbons (Fsp3) is 0.360. The lowest BCUT2D eigenvalue weighted by Gasteiger charge is -2.34. The first-order valence-electron chi connectivity index (χ1n) is 10.8. The van der Waals surface area contributed by atoms with E-state index in [1.807, 2.05) is 56.0 Å². The van der Waals surface area contributed by atoms with Crippen LogP contribution in [-0.4, -0.2) is 58.9 Å². The average molecular weight is 419 g/mol.